The number of hydrogen-bond donors (Lipinski definition) is 2. The minimum absolute atomic E-state index is 0.0287. The average molecular weight is 319 g/mol. The van der Waals surface area contributed by atoms with E-state index in [2.05, 4.69) is 5.32 Å². The van der Waals surface area contributed by atoms with Crippen molar-refractivity contribution in [2.24, 2.45) is 0 Å². The van der Waals surface area contributed by atoms with E-state index in [1.165, 1.54) is 4.70 Å². The van der Waals surface area contributed by atoms with Crippen molar-refractivity contribution in [2.45, 2.75) is 38.5 Å². The molecule has 0 spiro atoms. The molecule has 1 aromatic carbocycles. The summed E-state index contributed by atoms with van der Waals surface area (Å²) in [7, 11) is 0. The second kappa shape index (κ2) is 8.54. The molecule has 0 saturated carbocycles. The number of aliphatic carboxylic acids is 1. The van der Waals surface area contributed by atoms with Crippen LogP contribution in [0, 0.1) is 0 Å². The van der Waals surface area contributed by atoms with E-state index in [1.807, 2.05) is 29.6 Å². The number of rotatable bonds is 9. The Hall–Kier alpha value is -1.88. The highest BCUT2D eigenvalue weighted by molar-refractivity contribution is 7.17. The first-order valence-corrected chi connectivity index (χ1v) is 8.52. The highest BCUT2D eigenvalue weighted by Gasteiger charge is 2.06. The molecule has 2 rings (SSSR count). The van der Waals surface area contributed by atoms with Gasteiger partial charge >= 0.3 is 5.97 Å². The summed E-state index contributed by atoms with van der Waals surface area (Å²) < 4.78 is 1.19. The summed E-state index contributed by atoms with van der Waals surface area (Å²) in [5.41, 5.74) is 0.701. The van der Waals surface area contributed by atoms with Gasteiger partial charge in [0.25, 0.3) is 5.91 Å². The third-order valence-electron chi connectivity index (χ3n) is 3.57. The fourth-order valence-electron chi connectivity index (χ4n) is 2.34. The van der Waals surface area contributed by atoms with Crippen molar-refractivity contribution >= 4 is 33.3 Å². The second-order valence-corrected chi connectivity index (χ2v) is 6.29. The number of benzene rings is 1. The predicted molar refractivity (Wildman–Crippen MR) is 89.5 cm³/mol. The van der Waals surface area contributed by atoms with Crippen molar-refractivity contribution in [3.63, 3.8) is 0 Å². The van der Waals surface area contributed by atoms with Crippen LogP contribution in [0.4, 0.5) is 0 Å². The van der Waals surface area contributed by atoms with E-state index in [-0.39, 0.29) is 12.3 Å². The number of carboxylic acids is 1. The Kier molecular flexibility index (Phi) is 6.40. The van der Waals surface area contributed by atoms with Crippen LogP contribution in [0.15, 0.2) is 29.6 Å². The van der Waals surface area contributed by atoms with Crippen LogP contribution in [0.3, 0.4) is 0 Å². The lowest BCUT2D eigenvalue weighted by Crippen LogP contribution is -2.24. The van der Waals surface area contributed by atoms with E-state index in [0.29, 0.717) is 12.1 Å². The molecule has 0 saturated heterocycles. The van der Waals surface area contributed by atoms with Crippen molar-refractivity contribution in [1.82, 2.24) is 5.32 Å². The number of unbranched alkanes of at least 4 members (excludes halogenated alkanes) is 4. The van der Waals surface area contributed by atoms with Crippen LogP contribution in [0.25, 0.3) is 10.1 Å². The summed E-state index contributed by atoms with van der Waals surface area (Å²) in [5.74, 6) is -0.756. The number of carboxylic acid groups (broad SMARTS) is 1. The Morgan fingerprint density at radius 2 is 1.82 bits per heavy atom. The number of nitrogens with one attached hydrogen (secondary N) is 1. The minimum Gasteiger partial charge on any atom is -0.481 e. The minimum atomic E-state index is -0.727. The molecular formula is C17H21NO3S. The van der Waals surface area contributed by atoms with Crippen molar-refractivity contribution in [1.29, 1.82) is 0 Å². The lowest BCUT2D eigenvalue weighted by molar-refractivity contribution is -0.137. The Morgan fingerprint density at radius 1 is 1.05 bits per heavy atom. The monoisotopic (exact) mass is 319 g/mol. The van der Waals surface area contributed by atoms with Crippen molar-refractivity contribution in [3.05, 3.63) is 35.2 Å². The largest absolute Gasteiger partial charge is 0.481 e. The molecular weight excluding hydrogens is 298 g/mol. The summed E-state index contributed by atoms with van der Waals surface area (Å²) in [5, 5.41) is 14.6. The second-order valence-electron chi connectivity index (χ2n) is 5.34. The van der Waals surface area contributed by atoms with E-state index < -0.39 is 5.97 Å². The molecule has 5 heteroatoms. The molecule has 1 amide bonds. The molecule has 0 unspecified atom stereocenters. The standard InChI is InChI=1S/C17H21NO3S/c19-16(20)6-4-2-1-3-5-10-18-17(21)14-7-8-15-13(12-14)9-11-22-15/h7-9,11-12H,1-6,10H2,(H,18,21)(H,19,20). The maximum Gasteiger partial charge on any atom is 0.303 e. The topological polar surface area (TPSA) is 66.4 Å². The van der Waals surface area contributed by atoms with Gasteiger partial charge in [-0.2, -0.15) is 0 Å². The van der Waals surface area contributed by atoms with E-state index in [1.54, 1.807) is 11.3 Å². The number of carbonyl (C=O) groups is 2. The third kappa shape index (κ3) is 5.15. The normalized spacial score (nSPS) is 10.7. The lowest BCUT2D eigenvalue weighted by Gasteiger charge is -2.05. The van der Waals surface area contributed by atoms with Gasteiger partial charge in [-0.15, -0.1) is 11.3 Å². The van der Waals surface area contributed by atoms with Crippen LogP contribution in [0.1, 0.15) is 48.9 Å². The number of fused-ring (bicyclic) bond motifs is 1. The van der Waals surface area contributed by atoms with Crippen LogP contribution in [0.2, 0.25) is 0 Å². The van der Waals surface area contributed by atoms with E-state index in [9.17, 15) is 9.59 Å². The van der Waals surface area contributed by atoms with E-state index in [4.69, 9.17) is 5.11 Å². The summed E-state index contributed by atoms with van der Waals surface area (Å²) in [4.78, 5) is 22.4. The highest BCUT2D eigenvalue weighted by Crippen LogP contribution is 2.21. The van der Waals surface area contributed by atoms with Gasteiger partial charge in [0.1, 0.15) is 0 Å². The first-order chi connectivity index (χ1) is 10.7. The highest BCUT2D eigenvalue weighted by atomic mass is 32.1. The zero-order chi connectivity index (χ0) is 15.8. The van der Waals surface area contributed by atoms with Crippen LogP contribution in [-0.4, -0.2) is 23.5 Å². The van der Waals surface area contributed by atoms with Gasteiger partial charge in [-0.1, -0.05) is 19.3 Å². The summed E-state index contributed by atoms with van der Waals surface area (Å²) in [6, 6.07) is 7.79. The molecule has 0 radical (unpaired) electrons. The summed E-state index contributed by atoms with van der Waals surface area (Å²) in [6.45, 7) is 0.666. The molecule has 1 aromatic heterocycles. The Bertz CT molecular complexity index is 636. The van der Waals surface area contributed by atoms with Crippen LogP contribution < -0.4 is 5.32 Å². The molecule has 4 nitrogen and oxygen atoms in total. The molecule has 0 aliphatic heterocycles. The van der Waals surface area contributed by atoms with Gasteiger partial charge in [0.05, 0.1) is 0 Å². The lowest BCUT2D eigenvalue weighted by atomic mass is 10.1. The molecule has 0 atom stereocenters. The molecule has 2 aromatic rings. The first kappa shape index (κ1) is 16.5. The van der Waals surface area contributed by atoms with Gasteiger partial charge in [0, 0.05) is 23.2 Å². The third-order valence-corrected chi connectivity index (χ3v) is 4.47. The number of hydrogen-bond acceptors (Lipinski definition) is 3. The van der Waals surface area contributed by atoms with Crippen LogP contribution >= 0.6 is 11.3 Å². The zero-order valence-electron chi connectivity index (χ0n) is 12.5. The molecule has 0 fully saturated rings. The number of carbonyl (C=O) groups excluding carboxylic acids is 1. The Morgan fingerprint density at radius 3 is 2.64 bits per heavy atom. The summed E-state index contributed by atoms with van der Waals surface area (Å²) >= 11 is 1.67. The molecule has 2 N–H and O–H groups in total. The fraction of sp³-hybridized carbons (Fsp3) is 0.412. The molecule has 22 heavy (non-hydrogen) atoms. The van der Waals surface area contributed by atoms with E-state index >= 15 is 0 Å². The van der Waals surface area contributed by atoms with Gasteiger partial charge in [0.2, 0.25) is 0 Å². The molecule has 0 aliphatic carbocycles. The predicted octanol–water partition coefficient (Wildman–Crippen LogP) is 4.06. The smallest absolute Gasteiger partial charge is 0.303 e. The fourth-order valence-corrected chi connectivity index (χ4v) is 3.11. The van der Waals surface area contributed by atoms with Gasteiger partial charge < -0.3 is 10.4 Å². The number of amides is 1. The van der Waals surface area contributed by atoms with Crippen molar-refractivity contribution < 1.29 is 14.7 Å². The maximum atomic E-state index is 12.0. The van der Waals surface area contributed by atoms with Gasteiger partial charge in [-0.3, -0.25) is 9.59 Å². The Labute approximate surface area is 134 Å². The first-order valence-electron chi connectivity index (χ1n) is 7.64. The molecule has 0 aliphatic rings. The van der Waals surface area contributed by atoms with Crippen LogP contribution in [0.5, 0.6) is 0 Å². The summed E-state index contributed by atoms with van der Waals surface area (Å²) in [6.07, 6.45) is 4.90. The van der Waals surface area contributed by atoms with E-state index in [0.717, 1.165) is 37.5 Å². The van der Waals surface area contributed by atoms with Crippen molar-refractivity contribution in [3.8, 4) is 0 Å². The molecule has 118 valence electrons. The van der Waals surface area contributed by atoms with Gasteiger partial charge in [-0.25, -0.2) is 0 Å². The van der Waals surface area contributed by atoms with Gasteiger partial charge in [-0.05, 0) is 47.9 Å². The average Bonchev–Trinajstić information content (AvgIpc) is 2.96. The maximum absolute atomic E-state index is 12.0. The SMILES string of the molecule is O=C(O)CCCCCCCNC(=O)c1ccc2sccc2c1. The molecule has 1 heterocycles. The van der Waals surface area contributed by atoms with Crippen LogP contribution in [-0.2, 0) is 4.79 Å². The molecule has 0 bridgehead atoms. The quantitative estimate of drug-likeness (QED) is 0.685. The van der Waals surface area contributed by atoms with Crippen molar-refractivity contribution in [2.75, 3.05) is 6.54 Å². The Balaban J connectivity index is 1.62. The number of thiophene rings is 1. The van der Waals surface area contributed by atoms with Gasteiger partial charge in [0.15, 0.2) is 0 Å². The zero-order valence-corrected chi connectivity index (χ0v) is 13.3.